The normalized spacial score (nSPS) is 11.7. The van der Waals surface area contributed by atoms with Gasteiger partial charge in [-0.05, 0) is 68.3 Å². The minimum atomic E-state index is -4.18. The molecule has 0 unspecified atom stereocenters. The molecular formula is C29H30FN3O5S. The molecule has 8 nitrogen and oxygen atoms in total. The van der Waals surface area contributed by atoms with Gasteiger partial charge >= 0.3 is 6.09 Å². The summed E-state index contributed by atoms with van der Waals surface area (Å²) in [6.45, 7) is 5.32. The maximum absolute atomic E-state index is 14.9. The second-order valence-electron chi connectivity index (χ2n) is 9.99. The van der Waals surface area contributed by atoms with Crippen LogP contribution in [-0.2, 0) is 21.3 Å². The predicted octanol–water partition coefficient (Wildman–Crippen LogP) is 5.97. The smallest absolute Gasteiger partial charge is 0.410 e. The van der Waals surface area contributed by atoms with Crippen LogP contribution in [0, 0.1) is 5.82 Å². The summed E-state index contributed by atoms with van der Waals surface area (Å²) in [6, 6.07) is 15.7. The molecule has 2 aromatic heterocycles. The van der Waals surface area contributed by atoms with Crippen molar-refractivity contribution in [2.45, 2.75) is 37.8 Å². The molecule has 0 atom stereocenters. The van der Waals surface area contributed by atoms with Crippen LogP contribution in [0.15, 0.2) is 84.1 Å². The zero-order valence-corrected chi connectivity index (χ0v) is 23.2. The number of hydrogen-bond donors (Lipinski definition) is 0. The summed E-state index contributed by atoms with van der Waals surface area (Å²) in [7, 11) is -1.11. The van der Waals surface area contributed by atoms with E-state index in [2.05, 4.69) is 4.98 Å². The number of nitrogens with zero attached hydrogens (tertiary/aromatic N) is 3. The Balaban J connectivity index is 1.78. The molecule has 0 fully saturated rings. The summed E-state index contributed by atoms with van der Waals surface area (Å²) < 4.78 is 54.5. The van der Waals surface area contributed by atoms with Crippen molar-refractivity contribution in [2.75, 3.05) is 14.2 Å². The molecule has 0 saturated heterocycles. The topological polar surface area (TPSA) is 90.7 Å². The van der Waals surface area contributed by atoms with Gasteiger partial charge in [-0.1, -0.05) is 24.3 Å². The number of hydrogen-bond acceptors (Lipinski definition) is 6. The maximum Gasteiger partial charge on any atom is 0.410 e. The summed E-state index contributed by atoms with van der Waals surface area (Å²) in [5, 5.41) is 0. The second-order valence-corrected chi connectivity index (χ2v) is 11.8. The van der Waals surface area contributed by atoms with Crippen LogP contribution < -0.4 is 4.74 Å². The highest BCUT2D eigenvalue weighted by atomic mass is 32.2. The van der Waals surface area contributed by atoms with Crippen molar-refractivity contribution < 1.29 is 27.1 Å². The number of carbonyl (C=O) groups excluding carboxylic acids is 1. The Hall–Kier alpha value is -4.18. The quantitative estimate of drug-likeness (QED) is 0.281. The van der Waals surface area contributed by atoms with E-state index in [1.807, 2.05) is 0 Å². The second kappa shape index (κ2) is 10.9. The highest BCUT2D eigenvalue weighted by molar-refractivity contribution is 7.90. The molecule has 2 aromatic carbocycles. The van der Waals surface area contributed by atoms with Gasteiger partial charge in [-0.3, -0.25) is 4.98 Å². The summed E-state index contributed by atoms with van der Waals surface area (Å²) in [5.41, 5.74) is 1.33. The average Bonchev–Trinajstić information content (AvgIpc) is 3.32. The van der Waals surface area contributed by atoms with Crippen molar-refractivity contribution in [1.29, 1.82) is 0 Å². The van der Waals surface area contributed by atoms with Gasteiger partial charge in [0.15, 0.2) is 0 Å². The van der Waals surface area contributed by atoms with Gasteiger partial charge in [-0.25, -0.2) is 21.6 Å². The Morgan fingerprint density at radius 1 is 1.03 bits per heavy atom. The van der Waals surface area contributed by atoms with E-state index in [4.69, 9.17) is 9.47 Å². The first-order valence-electron chi connectivity index (χ1n) is 12.1. The number of aromatic nitrogens is 2. The first kappa shape index (κ1) is 27.8. The Bertz CT molecular complexity index is 1610. The van der Waals surface area contributed by atoms with Crippen molar-refractivity contribution in [3.05, 3.63) is 90.6 Å². The minimum absolute atomic E-state index is 0.00283. The molecule has 0 spiro atoms. The van der Waals surface area contributed by atoms with Crippen molar-refractivity contribution in [2.24, 2.45) is 0 Å². The van der Waals surface area contributed by atoms with Crippen LogP contribution in [0.1, 0.15) is 26.3 Å². The average molecular weight is 552 g/mol. The zero-order valence-electron chi connectivity index (χ0n) is 22.4. The molecule has 10 heteroatoms. The van der Waals surface area contributed by atoms with Crippen LogP contribution >= 0.6 is 0 Å². The summed E-state index contributed by atoms with van der Waals surface area (Å²) in [5.74, 6) is -0.0398. The third-order valence-electron chi connectivity index (χ3n) is 5.79. The van der Waals surface area contributed by atoms with Crippen LogP contribution in [0.3, 0.4) is 0 Å². The molecule has 39 heavy (non-hydrogen) atoms. The molecule has 4 aromatic rings. The fraction of sp³-hybridized carbons (Fsp3) is 0.241. The van der Waals surface area contributed by atoms with Crippen molar-refractivity contribution >= 4 is 16.1 Å². The first-order chi connectivity index (χ1) is 18.4. The standard InChI is InChI=1S/C29H30FN3O5S/c1-29(2,3)38-28(34)32(4)18-20-13-27(25-11-6-7-12-26(25)30)33(19-20)39(35,36)24-10-8-9-21(15-24)22-14-23(37-5)17-31-16-22/h6-17,19H,18H2,1-5H3. The highest BCUT2D eigenvalue weighted by Crippen LogP contribution is 2.31. The molecular weight excluding hydrogens is 521 g/mol. The van der Waals surface area contributed by atoms with E-state index in [1.165, 1.54) is 48.5 Å². The van der Waals surface area contributed by atoms with Gasteiger partial charge in [0.05, 0.1) is 30.4 Å². The number of ether oxygens (including phenoxy) is 2. The van der Waals surface area contributed by atoms with E-state index >= 15 is 0 Å². The largest absolute Gasteiger partial charge is 0.495 e. The Kier molecular flexibility index (Phi) is 7.78. The Labute approximate surface area is 227 Å². The van der Waals surface area contributed by atoms with Crippen molar-refractivity contribution in [3.63, 3.8) is 0 Å². The van der Waals surface area contributed by atoms with E-state index in [1.54, 1.807) is 70.5 Å². The third-order valence-corrected chi connectivity index (χ3v) is 7.46. The zero-order chi connectivity index (χ0) is 28.4. The van der Waals surface area contributed by atoms with Crippen LogP contribution in [0.4, 0.5) is 9.18 Å². The summed E-state index contributed by atoms with van der Waals surface area (Å²) in [4.78, 5) is 18.0. The fourth-order valence-corrected chi connectivity index (χ4v) is 5.40. The van der Waals surface area contributed by atoms with Gasteiger partial charge in [-0.15, -0.1) is 0 Å². The van der Waals surface area contributed by atoms with Gasteiger partial charge < -0.3 is 14.4 Å². The molecule has 1 amide bonds. The van der Waals surface area contributed by atoms with Crippen LogP contribution in [-0.4, -0.2) is 48.1 Å². The third kappa shape index (κ3) is 6.28. The summed E-state index contributed by atoms with van der Waals surface area (Å²) >= 11 is 0. The minimum Gasteiger partial charge on any atom is -0.495 e. The van der Waals surface area contributed by atoms with Crippen molar-refractivity contribution in [1.82, 2.24) is 13.9 Å². The molecule has 4 rings (SSSR count). The Morgan fingerprint density at radius 2 is 1.77 bits per heavy atom. The van der Waals surface area contributed by atoms with E-state index in [-0.39, 0.29) is 22.7 Å². The predicted molar refractivity (Wildman–Crippen MR) is 146 cm³/mol. The van der Waals surface area contributed by atoms with E-state index < -0.39 is 27.5 Å². The molecule has 0 radical (unpaired) electrons. The molecule has 0 aliphatic heterocycles. The number of amides is 1. The van der Waals surface area contributed by atoms with Gasteiger partial charge in [0.25, 0.3) is 10.0 Å². The molecule has 204 valence electrons. The molecule has 0 aliphatic carbocycles. The first-order valence-corrected chi connectivity index (χ1v) is 13.6. The Morgan fingerprint density at radius 3 is 2.46 bits per heavy atom. The molecule has 0 N–H and O–H groups in total. The number of pyridine rings is 1. The molecule has 2 heterocycles. The summed E-state index contributed by atoms with van der Waals surface area (Å²) in [6.07, 6.45) is 4.00. The maximum atomic E-state index is 14.9. The number of halogens is 1. The van der Waals surface area contributed by atoms with E-state index in [0.29, 0.717) is 22.4 Å². The highest BCUT2D eigenvalue weighted by Gasteiger charge is 2.26. The molecule has 0 saturated carbocycles. The van der Waals surface area contributed by atoms with Gasteiger partial charge in [0, 0.05) is 30.6 Å². The number of carbonyl (C=O) groups is 1. The van der Waals surface area contributed by atoms with Gasteiger partial charge in [0.1, 0.15) is 17.2 Å². The lowest BCUT2D eigenvalue weighted by Gasteiger charge is -2.24. The van der Waals surface area contributed by atoms with Gasteiger partial charge in [0.2, 0.25) is 0 Å². The lowest BCUT2D eigenvalue weighted by molar-refractivity contribution is 0.0285. The van der Waals surface area contributed by atoms with Crippen LogP contribution in [0.25, 0.3) is 22.4 Å². The van der Waals surface area contributed by atoms with Crippen LogP contribution in [0.5, 0.6) is 5.75 Å². The lowest BCUT2D eigenvalue weighted by Crippen LogP contribution is -2.33. The molecule has 0 bridgehead atoms. The number of methoxy groups -OCH3 is 1. The number of benzene rings is 2. The number of rotatable bonds is 7. The van der Waals surface area contributed by atoms with Crippen LogP contribution in [0.2, 0.25) is 0 Å². The van der Waals surface area contributed by atoms with E-state index in [9.17, 15) is 17.6 Å². The SMILES string of the molecule is COc1cncc(-c2cccc(S(=O)(=O)n3cc(CN(C)C(=O)OC(C)(C)C)cc3-c3ccccc3F)c2)c1. The van der Waals surface area contributed by atoms with E-state index in [0.717, 1.165) is 3.97 Å². The van der Waals surface area contributed by atoms with Gasteiger partial charge in [-0.2, -0.15) is 0 Å². The monoisotopic (exact) mass is 551 g/mol. The fourth-order valence-electron chi connectivity index (χ4n) is 3.96. The molecule has 0 aliphatic rings. The van der Waals surface area contributed by atoms with Crippen molar-refractivity contribution in [3.8, 4) is 28.1 Å². The lowest BCUT2D eigenvalue weighted by atomic mass is 10.1.